The number of hydrogen-bond acceptors (Lipinski definition) is 4. The molecule has 3 aromatic heterocycles. The molecule has 0 atom stereocenters. The van der Waals surface area contributed by atoms with Crippen molar-refractivity contribution in [2.75, 3.05) is 4.90 Å². The molecule has 12 aromatic rings. The van der Waals surface area contributed by atoms with Crippen LogP contribution in [0.15, 0.2) is 197 Å². The maximum absolute atomic E-state index is 6.47. The highest BCUT2D eigenvalue weighted by atomic mass is 32.1. The quantitative estimate of drug-likeness (QED) is 0.174. The maximum atomic E-state index is 6.47. The van der Waals surface area contributed by atoms with Crippen molar-refractivity contribution in [2.45, 2.75) is 19.3 Å². The van der Waals surface area contributed by atoms with Crippen LogP contribution in [0.1, 0.15) is 25.0 Å². The van der Waals surface area contributed by atoms with Crippen LogP contribution in [-0.2, 0) is 5.41 Å². The van der Waals surface area contributed by atoms with Crippen LogP contribution in [0.3, 0.4) is 0 Å². The van der Waals surface area contributed by atoms with E-state index in [0.29, 0.717) is 0 Å². The number of benzene rings is 9. The van der Waals surface area contributed by atoms with Crippen molar-refractivity contribution in [1.29, 1.82) is 0 Å². The molecule has 0 unspecified atom stereocenters. The van der Waals surface area contributed by atoms with E-state index < -0.39 is 0 Å². The Bertz CT molecular complexity index is 3580. The highest BCUT2D eigenvalue weighted by Gasteiger charge is 2.37. The van der Waals surface area contributed by atoms with Crippen molar-refractivity contribution >= 4 is 92.4 Å². The molecule has 4 heteroatoms. The van der Waals surface area contributed by atoms with E-state index >= 15 is 0 Å². The summed E-state index contributed by atoms with van der Waals surface area (Å²) < 4.78 is 15.6. The highest BCUT2D eigenvalue weighted by Crippen LogP contribution is 2.55. The van der Waals surface area contributed by atoms with Crippen LogP contribution in [-0.4, -0.2) is 0 Å². The van der Waals surface area contributed by atoms with E-state index in [1.807, 2.05) is 35.6 Å². The first-order chi connectivity index (χ1) is 30.0. The van der Waals surface area contributed by atoms with Crippen LogP contribution >= 0.6 is 11.3 Å². The van der Waals surface area contributed by atoms with Gasteiger partial charge in [0.25, 0.3) is 0 Å². The molecule has 0 N–H and O–H groups in total. The van der Waals surface area contributed by atoms with Gasteiger partial charge < -0.3 is 13.7 Å². The Kier molecular flexibility index (Phi) is 7.23. The molecule has 0 spiro atoms. The molecular formula is C57H37NO2S. The van der Waals surface area contributed by atoms with Gasteiger partial charge in [0.1, 0.15) is 22.3 Å². The number of para-hydroxylation sites is 4. The number of hydrogen-bond donors (Lipinski definition) is 0. The van der Waals surface area contributed by atoms with E-state index in [9.17, 15) is 0 Å². The van der Waals surface area contributed by atoms with Gasteiger partial charge in [0.2, 0.25) is 0 Å². The number of nitrogens with zero attached hydrogens (tertiary/aromatic N) is 1. The Balaban J connectivity index is 0.973. The van der Waals surface area contributed by atoms with E-state index in [1.165, 1.54) is 42.4 Å². The molecule has 9 aromatic carbocycles. The van der Waals surface area contributed by atoms with E-state index in [1.54, 1.807) is 0 Å². The lowest BCUT2D eigenvalue weighted by molar-refractivity contribution is 0.661. The highest BCUT2D eigenvalue weighted by molar-refractivity contribution is 7.26. The third-order valence-corrected chi connectivity index (χ3v) is 14.3. The summed E-state index contributed by atoms with van der Waals surface area (Å²) in [6.45, 7) is 4.74. The Morgan fingerprint density at radius 1 is 0.410 bits per heavy atom. The Labute approximate surface area is 356 Å². The molecule has 13 rings (SSSR count). The predicted octanol–water partition coefficient (Wildman–Crippen LogP) is 17.0. The molecule has 0 bridgehead atoms. The van der Waals surface area contributed by atoms with Gasteiger partial charge in [0.15, 0.2) is 0 Å². The van der Waals surface area contributed by atoms with Crippen molar-refractivity contribution in [3.8, 4) is 33.4 Å². The lowest BCUT2D eigenvalue weighted by Crippen LogP contribution is -2.15. The summed E-state index contributed by atoms with van der Waals surface area (Å²) in [6, 6.07) is 68.0. The van der Waals surface area contributed by atoms with Crippen LogP contribution in [0.4, 0.5) is 17.1 Å². The molecular weight excluding hydrogens is 763 g/mol. The molecule has 0 saturated carbocycles. The van der Waals surface area contributed by atoms with Gasteiger partial charge >= 0.3 is 0 Å². The summed E-state index contributed by atoms with van der Waals surface area (Å²) >= 11 is 1.91. The third kappa shape index (κ3) is 5.03. The SMILES string of the molecule is CC1(C)c2ccc(N(c3ccc(-c4cccc5c4oc4ccccc45)cc3)c3ccc(-c4cccc5c4oc4ccccc45)cc3)cc2-c2c1ccc1c2sc2ccccc21. The number of furan rings is 2. The van der Waals surface area contributed by atoms with Crippen molar-refractivity contribution in [3.05, 3.63) is 199 Å². The molecule has 3 heterocycles. The first-order valence-corrected chi connectivity index (χ1v) is 21.7. The smallest absolute Gasteiger partial charge is 0.143 e. The minimum absolute atomic E-state index is 0.128. The minimum Gasteiger partial charge on any atom is -0.455 e. The molecule has 0 saturated heterocycles. The normalized spacial score (nSPS) is 13.2. The summed E-state index contributed by atoms with van der Waals surface area (Å²) in [4.78, 5) is 2.40. The molecule has 288 valence electrons. The van der Waals surface area contributed by atoms with E-state index in [2.05, 4.69) is 183 Å². The molecule has 1 aliphatic carbocycles. The average molecular weight is 800 g/mol. The van der Waals surface area contributed by atoms with E-state index in [-0.39, 0.29) is 5.41 Å². The van der Waals surface area contributed by atoms with E-state index in [0.717, 1.165) is 83.2 Å². The van der Waals surface area contributed by atoms with Crippen molar-refractivity contribution in [2.24, 2.45) is 0 Å². The van der Waals surface area contributed by atoms with Gasteiger partial charge in [-0.1, -0.05) is 147 Å². The number of fused-ring (bicyclic) bond motifs is 13. The van der Waals surface area contributed by atoms with Crippen LogP contribution < -0.4 is 4.90 Å². The second kappa shape index (κ2) is 12.8. The van der Waals surface area contributed by atoms with Gasteiger partial charge in [0.05, 0.1) is 0 Å². The predicted molar refractivity (Wildman–Crippen MR) is 257 cm³/mol. The van der Waals surface area contributed by atoms with Crippen molar-refractivity contribution in [3.63, 3.8) is 0 Å². The van der Waals surface area contributed by atoms with Gasteiger partial charge in [-0.25, -0.2) is 0 Å². The molecule has 0 amide bonds. The lowest BCUT2D eigenvalue weighted by Gasteiger charge is -2.27. The zero-order valence-corrected chi connectivity index (χ0v) is 34.4. The molecule has 0 radical (unpaired) electrons. The van der Waals surface area contributed by atoms with Crippen LogP contribution in [0.5, 0.6) is 0 Å². The van der Waals surface area contributed by atoms with Crippen LogP contribution in [0.25, 0.3) is 97.4 Å². The zero-order valence-electron chi connectivity index (χ0n) is 33.6. The fourth-order valence-corrected chi connectivity index (χ4v) is 11.4. The van der Waals surface area contributed by atoms with Crippen molar-refractivity contribution in [1.82, 2.24) is 0 Å². The Morgan fingerprint density at radius 2 is 0.918 bits per heavy atom. The monoisotopic (exact) mass is 799 g/mol. The van der Waals surface area contributed by atoms with Gasteiger partial charge in [-0.15, -0.1) is 11.3 Å². The minimum atomic E-state index is -0.128. The maximum Gasteiger partial charge on any atom is 0.143 e. The summed E-state index contributed by atoms with van der Waals surface area (Å²) in [6.07, 6.45) is 0. The fraction of sp³-hybridized carbons (Fsp3) is 0.0526. The topological polar surface area (TPSA) is 29.5 Å². The number of anilines is 3. The standard InChI is InChI=1S/C57H37NO2S/c1-57(2)48-31-29-38(33-47(48)53-49(57)32-30-46-43-13-5-8-20-52(43)61-56(46)53)58(36-25-21-34(22-26-36)39-14-9-16-44-41-11-3-6-18-50(41)59-54(39)44)37-27-23-35(24-28-37)40-15-10-17-45-42-12-4-7-19-51(42)60-55(40)45/h3-33H,1-2H3. The molecule has 3 nitrogen and oxygen atoms in total. The van der Waals surface area contributed by atoms with Crippen LogP contribution in [0, 0.1) is 0 Å². The largest absolute Gasteiger partial charge is 0.455 e. The first-order valence-electron chi connectivity index (χ1n) is 20.9. The molecule has 0 aliphatic heterocycles. The van der Waals surface area contributed by atoms with Gasteiger partial charge in [-0.05, 0) is 82.4 Å². The Hall–Kier alpha value is -7.40. The van der Waals surface area contributed by atoms with Gasteiger partial charge in [-0.2, -0.15) is 0 Å². The van der Waals surface area contributed by atoms with Crippen molar-refractivity contribution < 1.29 is 8.83 Å². The molecule has 0 fully saturated rings. The van der Waals surface area contributed by atoms with Gasteiger partial charge in [-0.3, -0.25) is 0 Å². The van der Waals surface area contributed by atoms with Crippen LogP contribution in [0.2, 0.25) is 0 Å². The second-order valence-electron chi connectivity index (χ2n) is 16.8. The molecule has 61 heavy (non-hydrogen) atoms. The summed E-state index contributed by atoms with van der Waals surface area (Å²) in [5, 5.41) is 7.19. The lowest BCUT2D eigenvalue weighted by atomic mass is 9.82. The van der Waals surface area contributed by atoms with Gasteiger partial charge in [0, 0.05) is 80.9 Å². The first kappa shape index (κ1) is 34.5. The fourth-order valence-electron chi connectivity index (χ4n) is 10.1. The third-order valence-electron chi connectivity index (χ3n) is 13.1. The number of rotatable bonds is 5. The average Bonchev–Trinajstić information content (AvgIpc) is 4.05. The summed E-state index contributed by atoms with van der Waals surface area (Å²) in [5.41, 5.74) is 16.6. The summed E-state index contributed by atoms with van der Waals surface area (Å²) in [5.74, 6) is 0. The molecule has 1 aliphatic rings. The Morgan fingerprint density at radius 3 is 1.52 bits per heavy atom. The summed E-state index contributed by atoms with van der Waals surface area (Å²) in [7, 11) is 0. The van der Waals surface area contributed by atoms with E-state index in [4.69, 9.17) is 8.83 Å². The zero-order chi connectivity index (χ0) is 40.4. The number of thiophene rings is 1. The second-order valence-corrected chi connectivity index (χ2v) is 17.9.